The number of nitrogens with one attached hydrogen (secondary N) is 1. The second-order valence-electron chi connectivity index (χ2n) is 5.81. The van der Waals surface area contributed by atoms with E-state index in [1.54, 1.807) is 6.92 Å². The Balaban J connectivity index is 1.96. The molecule has 1 N–H and O–H groups in total. The van der Waals surface area contributed by atoms with Crippen LogP contribution in [-0.2, 0) is 14.1 Å². The molecular formula is C18H17FN4O4. The van der Waals surface area contributed by atoms with Gasteiger partial charge in [-0.1, -0.05) is 0 Å². The highest BCUT2D eigenvalue weighted by atomic mass is 19.1. The summed E-state index contributed by atoms with van der Waals surface area (Å²) >= 11 is 0. The summed E-state index contributed by atoms with van der Waals surface area (Å²) in [5.41, 5.74) is -0.748. The molecule has 1 amide bonds. The van der Waals surface area contributed by atoms with Crippen LogP contribution in [0.3, 0.4) is 0 Å². The van der Waals surface area contributed by atoms with Gasteiger partial charge in [0, 0.05) is 25.8 Å². The van der Waals surface area contributed by atoms with E-state index in [-0.39, 0.29) is 28.2 Å². The van der Waals surface area contributed by atoms with Crippen molar-refractivity contribution < 1.29 is 13.9 Å². The van der Waals surface area contributed by atoms with Gasteiger partial charge in [-0.3, -0.25) is 18.7 Å². The standard InChI is InChI=1S/C18H17FN4O4/c1-4-27-14-8-5-10(9-12(14)19)20-16(24)13-7-6-11-15(21-13)22(2)18(26)23(3)17(11)25/h5-9H,4H2,1-3H3,(H,20,24). The SMILES string of the molecule is CCOc1ccc(NC(=O)c2ccc3c(=O)n(C)c(=O)n(C)c3n2)cc1F. The van der Waals surface area contributed by atoms with Crippen LogP contribution in [0.15, 0.2) is 39.9 Å². The minimum absolute atomic E-state index is 0.0138. The van der Waals surface area contributed by atoms with Crippen molar-refractivity contribution in [3.8, 4) is 5.75 Å². The van der Waals surface area contributed by atoms with Gasteiger partial charge in [0.05, 0.1) is 12.0 Å². The Bertz CT molecular complexity index is 1170. The third-order valence-corrected chi connectivity index (χ3v) is 4.02. The van der Waals surface area contributed by atoms with Gasteiger partial charge in [0.2, 0.25) is 0 Å². The Labute approximate surface area is 152 Å². The number of carbonyl (C=O) groups excluding carboxylic acids is 1. The summed E-state index contributed by atoms with van der Waals surface area (Å²) in [5, 5.41) is 2.74. The van der Waals surface area contributed by atoms with Crippen molar-refractivity contribution in [2.75, 3.05) is 11.9 Å². The largest absolute Gasteiger partial charge is 0.491 e. The number of aryl methyl sites for hydroxylation is 1. The summed E-state index contributed by atoms with van der Waals surface area (Å²) in [6, 6.07) is 6.84. The number of anilines is 1. The first kappa shape index (κ1) is 18.3. The lowest BCUT2D eigenvalue weighted by atomic mass is 10.2. The topological polar surface area (TPSA) is 95.2 Å². The third kappa shape index (κ3) is 3.31. The van der Waals surface area contributed by atoms with Gasteiger partial charge in [0.25, 0.3) is 11.5 Å². The maximum absolute atomic E-state index is 13.9. The van der Waals surface area contributed by atoms with E-state index >= 15 is 0 Å². The van der Waals surface area contributed by atoms with Crippen LogP contribution in [0.5, 0.6) is 5.75 Å². The number of nitrogens with zero attached hydrogens (tertiary/aromatic N) is 3. The molecule has 0 aliphatic heterocycles. The van der Waals surface area contributed by atoms with Crippen LogP contribution in [0, 0.1) is 5.82 Å². The Hall–Kier alpha value is -3.49. The van der Waals surface area contributed by atoms with Crippen molar-refractivity contribution in [2.24, 2.45) is 14.1 Å². The zero-order valence-electron chi connectivity index (χ0n) is 14.9. The second-order valence-corrected chi connectivity index (χ2v) is 5.81. The van der Waals surface area contributed by atoms with Crippen molar-refractivity contribution in [2.45, 2.75) is 6.92 Å². The Kier molecular flexibility index (Phi) is 4.76. The number of hydrogen-bond donors (Lipinski definition) is 1. The lowest BCUT2D eigenvalue weighted by molar-refractivity contribution is 0.102. The van der Waals surface area contributed by atoms with Crippen LogP contribution in [0.1, 0.15) is 17.4 Å². The van der Waals surface area contributed by atoms with E-state index < -0.39 is 23.0 Å². The number of halogens is 1. The summed E-state index contributed by atoms with van der Waals surface area (Å²) in [5.74, 6) is -1.12. The van der Waals surface area contributed by atoms with E-state index in [4.69, 9.17) is 4.74 Å². The highest BCUT2D eigenvalue weighted by Crippen LogP contribution is 2.21. The molecule has 0 saturated carbocycles. The van der Waals surface area contributed by atoms with Crippen molar-refractivity contribution in [1.82, 2.24) is 14.1 Å². The molecule has 0 fully saturated rings. The molecule has 27 heavy (non-hydrogen) atoms. The van der Waals surface area contributed by atoms with Gasteiger partial charge >= 0.3 is 5.69 Å². The molecule has 0 aliphatic rings. The van der Waals surface area contributed by atoms with Gasteiger partial charge in [-0.2, -0.15) is 0 Å². The van der Waals surface area contributed by atoms with Crippen LogP contribution in [-0.4, -0.2) is 26.6 Å². The molecule has 2 aromatic heterocycles. The number of carbonyl (C=O) groups is 1. The fourth-order valence-electron chi connectivity index (χ4n) is 2.63. The lowest BCUT2D eigenvalue weighted by Crippen LogP contribution is -2.37. The van der Waals surface area contributed by atoms with Crippen LogP contribution in [0.25, 0.3) is 11.0 Å². The zero-order valence-corrected chi connectivity index (χ0v) is 14.9. The smallest absolute Gasteiger partial charge is 0.332 e. The fraction of sp³-hybridized carbons (Fsp3) is 0.222. The van der Waals surface area contributed by atoms with E-state index in [9.17, 15) is 18.8 Å². The lowest BCUT2D eigenvalue weighted by Gasteiger charge is -2.10. The predicted octanol–water partition coefficient (Wildman–Crippen LogP) is 1.42. The van der Waals surface area contributed by atoms with Gasteiger partial charge in [0.1, 0.15) is 11.3 Å². The van der Waals surface area contributed by atoms with E-state index in [0.717, 1.165) is 10.6 Å². The molecule has 0 aliphatic carbocycles. The molecule has 3 rings (SSSR count). The van der Waals surface area contributed by atoms with Crippen LogP contribution < -0.4 is 21.3 Å². The number of benzene rings is 1. The molecule has 8 nitrogen and oxygen atoms in total. The van der Waals surface area contributed by atoms with E-state index in [1.807, 2.05) is 0 Å². The van der Waals surface area contributed by atoms with Crippen LogP contribution in [0.4, 0.5) is 10.1 Å². The molecule has 0 unspecified atom stereocenters. The maximum Gasteiger partial charge on any atom is 0.332 e. The Morgan fingerprint density at radius 1 is 1.19 bits per heavy atom. The zero-order chi connectivity index (χ0) is 19.7. The summed E-state index contributed by atoms with van der Waals surface area (Å²) in [4.78, 5) is 40.7. The first-order valence-electron chi connectivity index (χ1n) is 8.14. The number of rotatable bonds is 4. The number of aromatic nitrogens is 3. The Morgan fingerprint density at radius 2 is 1.93 bits per heavy atom. The summed E-state index contributed by atoms with van der Waals surface area (Å²) in [6.07, 6.45) is 0. The Morgan fingerprint density at radius 3 is 2.59 bits per heavy atom. The van der Waals surface area contributed by atoms with Gasteiger partial charge in [0.15, 0.2) is 11.6 Å². The third-order valence-electron chi connectivity index (χ3n) is 4.02. The van der Waals surface area contributed by atoms with Gasteiger partial charge in [-0.25, -0.2) is 14.2 Å². The van der Waals surface area contributed by atoms with Crippen molar-refractivity contribution >= 4 is 22.6 Å². The summed E-state index contributed by atoms with van der Waals surface area (Å²) < 4.78 is 21.2. The molecule has 1 aromatic carbocycles. The highest BCUT2D eigenvalue weighted by Gasteiger charge is 2.15. The molecule has 0 bridgehead atoms. The van der Waals surface area contributed by atoms with Gasteiger partial charge < -0.3 is 10.1 Å². The van der Waals surface area contributed by atoms with E-state index in [0.29, 0.717) is 6.61 Å². The molecule has 2 heterocycles. The van der Waals surface area contributed by atoms with E-state index in [2.05, 4.69) is 10.3 Å². The molecule has 0 atom stereocenters. The number of amides is 1. The predicted molar refractivity (Wildman–Crippen MR) is 97.7 cm³/mol. The highest BCUT2D eigenvalue weighted by molar-refractivity contribution is 6.03. The molecule has 3 aromatic rings. The first-order chi connectivity index (χ1) is 12.8. The van der Waals surface area contributed by atoms with Gasteiger partial charge in [-0.15, -0.1) is 0 Å². The molecule has 140 valence electrons. The normalized spacial score (nSPS) is 10.8. The number of pyridine rings is 1. The molecule has 9 heteroatoms. The number of ether oxygens (including phenoxy) is 1. The average molecular weight is 372 g/mol. The number of hydrogen-bond acceptors (Lipinski definition) is 5. The molecular weight excluding hydrogens is 355 g/mol. The molecule has 0 spiro atoms. The maximum atomic E-state index is 13.9. The number of fused-ring (bicyclic) bond motifs is 1. The van der Waals surface area contributed by atoms with Crippen LogP contribution in [0.2, 0.25) is 0 Å². The quantitative estimate of drug-likeness (QED) is 0.747. The summed E-state index contributed by atoms with van der Waals surface area (Å²) in [7, 11) is 2.83. The van der Waals surface area contributed by atoms with Crippen molar-refractivity contribution in [1.29, 1.82) is 0 Å². The first-order valence-corrected chi connectivity index (χ1v) is 8.14. The van der Waals surface area contributed by atoms with Gasteiger partial charge in [-0.05, 0) is 31.2 Å². The molecule has 0 saturated heterocycles. The average Bonchev–Trinajstić information content (AvgIpc) is 2.66. The second kappa shape index (κ2) is 7.02. The molecule has 0 radical (unpaired) electrons. The van der Waals surface area contributed by atoms with Crippen molar-refractivity contribution in [3.63, 3.8) is 0 Å². The minimum Gasteiger partial charge on any atom is -0.491 e. The monoisotopic (exact) mass is 372 g/mol. The summed E-state index contributed by atoms with van der Waals surface area (Å²) in [6.45, 7) is 2.06. The van der Waals surface area contributed by atoms with E-state index in [1.165, 1.54) is 42.9 Å². The fourth-order valence-corrected chi connectivity index (χ4v) is 2.63. The van der Waals surface area contributed by atoms with Crippen LogP contribution >= 0.6 is 0 Å². The minimum atomic E-state index is -0.605. The van der Waals surface area contributed by atoms with Crippen molar-refractivity contribution in [3.05, 3.63) is 62.7 Å².